The Balaban J connectivity index is 2.08. The highest BCUT2D eigenvalue weighted by Gasteiger charge is 2.50. The molecule has 2 heterocycles. The monoisotopic (exact) mass is 176 g/mol. The average Bonchev–Trinajstić information content (AvgIpc) is 2.51. The van der Waals surface area contributed by atoms with Crippen molar-refractivity contribution in [2.75, 3.05) is 6.67 Å². The summed E-state index contributed by atoms with van der Waals surface area (Å²) in [4.78, 5) is 10.7. The maximum Gasteiger partial charge on any atom is 0.309 e. The molecule has 1 N–H and O–H groups in total. The highest BCUT2D eigenvalue weighted by Crippen LogP contribution is 2.31. The van der Waals surface area contributed by atoms with Crippen LogP contribution in [-0.2, 0) is 14.3 Å². The van der Waals surface area contributed by atoms with Gasteiger partial charge in [-0.05, 0) is 0 Å². The second-order valence-electron chi connectivity index (χ2n) is 3.02. The number of halogens is 1. The number of carbonyl (C=O) groups is 1. The van der Waals surface area contributed by atoms with Crippen LogP contribution < -0.4 is 0 Å². The van der Waals surface area contributed by atoms with Crippen LogP contribution in [0.25, 0.3) is 0 Å². The van der Waals surface area contributed by atoms with Gasteiger partial charge in [-0.3, -0.25) is 4.79 Å². The van der Waals surface area contributed by atoms with E-state index in [-0.39, 0.29) is 12.4 Å². The van der Waals surface area contributed by atoms with E-state index >= 15 is 0 Å². The van der Waals surface area contributed by atoms with E-state index in [2.05, 4.69) is 0 Å². The Morgan fingerprint density at radius 3 is 3.00 bits per heavy atom. The minimum absolute atomic E-state index is 0.123. The van der Waals surface area contributed by atoms with Gasteiger partial charge in [0.2, 0.25) is 0 Å². The summed E-state index contributed by atoms with van der Waals surface area (Å²) in [5.41, 5.74) is 0. The van der Waals surface area contributed by atoms with Gasteiger partial charge < -0.3 is 14.6 Å². The fraction of sp³-hybridized carbons (Fsp3) is 0.857. The molecule has 0 radical (unpaired) electrons. The van der Waals surface area contributed by atoms with E-state index in [1.807, 2.05) is 0 Å². The number of carbonyl (C=O) groups excluding carboxylic acids is 1. The molecule has 5 heteroatoms. The zero-order valence-electron chi connectivity index (χ0n) is 6.27. The van der Waals surface area contributed by atoms with Gasteiger partial charge in [0, 0.05) is 0 Å². The zero-order valence-corrected chi connectivity index (χ0v) is 6.27. The summed E-state index contributed by atoms with van der Waals surface area (Å²) in [6, 6.07) is 0. The summed E-state index contributed by atoms with van der Waals surface area (Å²) in [5, 5.41) is 9.33. The van der Waals surface area contributed by atoms with Gasteiger partial charge in [0.1, 0.15) is 25.0 Å². The van der Waals surface area contributed by atoms with Crippen LogP contribution in [0.3, 0.4) is 0 Å². The molecule has 0 aromatic heterocycles. The van der Waals surface area contributed by atoms with Crippen molar-refractivity contribution in [3.05, 3.63) is 0 Å². The summed E-state index contributed by atoms with van der Waals surface area (Å²) in [6.07, 6.45) is -2.82. The molecule has 0 saturated carbocycles. The first-order valence-corrected chi connectivity index (χ1v) is 3.81. The average molecular weight is 176 g/mol. The minimum Gasteiger partial charge on any atom is -0.457 e. The van der Waals surface area contributed by atoms with Gasteiger partial charge in [-0.15, -0.1) is 0 Å². The van der Waals surface area contributed by atoms with Gasteiger partial charge in [0.15, 0.2) is 6.10 Å². The lowest BCUT2D eigenvalue weighted by molar-refractivity contribution is -0.145. The third-order valence-electron chi connectivity index (χ3n) is 2.22. The molecular formula is C7H9FO4. The van der Waals surface area contributed by atoms with Crippen LogP contribution in [-0.4, -0.2) is 42.2 Å². The molecule has 0 aromatic rings. The fourth-order valence-corrected chi connectivity index (χ4v) is 1.62. The fourth-order valence-electron chi connectivity index (χ4n) is 1.62. The SMILES string of the molecule is O=C1C[C@H]2O[C@H](CF)[C@H](O)[C@H]2O1. The second-order valence-corrected chi connectivity index (χ2v) is 3.02. The van der Waals surface area contributed by atoms with E-state index in [9.17, 15) is 14.3 Å². The second kappa shape index (κ2) is 2.67. The predicted octanol–water partition coefficient (Wildman–Crippen LogP) is -0.600. The lowest BCUT2D eigenvalue weighted by Crippen LogP contribution is -2.32. The first-order chi connectivity index (χ1) is 5.72. The molecule has 0 amide bonds. The van der Waals surface area contributed by atoms with Crippen molar-refractivity contribution in [2.24, 2.45) is 0 Å². The molecule has 2 rings (SSSR count). The molecule has 0 bridgehead atoms. The molecule has 2 aliphatic rings. The van der Waals surface area contributed by atoms with Crippen molar-refractivity contribution in [1.82, 2.24) is 0 Å². The molecule has 0 spiro atoms. The van der Waals surface area contributed by atoms with Gasteiger partial charge in [-0.2, -0.15) is 0 Å². The van der Waals surface area contributed by atoms with Crippen molar-refractivity contribution in [2.45, 2.75) is 30.8 Å². The van der Waals surface area contributed by atoms with Gasteiger partial charge in [0.05, 0.1) is 6.42 Å². The molecule has 2 fully saturated rings. The Hall–Kier alpha value is -0.680. The Bertz CT molecular complexity index is 208. The summed E-state index contributed by atoms with van der Waals surface area (Å²) >= 11 is 0. The molecule has 12 heavy (non-hydrogen) atoms. The largest absolute Gasteiger partial charge is 0.457 e. The number of hydrogen-bond donors (Lipinski definition) is 1. The van der Waals surface area contributed by atoms with Crippen LogP contribution in [0, 0.1) is 0 Å². The summed E-state index contributed by atoms with van der Waals surface area (Å²) in [7, 11) is 0. The highest BCUT2D eigenvalue weighted by molar-refractivity contribution is 5.72. The molecule has 0 aliphatic carbocycles. The van der Waals surface area contributed by atoms with Gasteiger partial charge in [0.25, 0.3) is 0 Å². The number of aliphatic hydroxyl groups is 1. The van der Waals surface area contributed by atoms with E-state index in [4.69, 9.17) is 9.47 Å². The van der Waals surface area contributed by atoms with E-state index < -0.39 is 31.1 Å². The Morgan fingerprint density at radius 1 is 1.67 bits per heavy atom. The maximum absolute atomic E-state index is 12.1. The van der Waals surface area contributed by atoms with E-state index in [0.717, 1.165) is 0 Å². The number of rotatable bonds is 1. The minimum atomic E-state index is -1.01. The van der Waals surface area contributed by atoms with Gasteiger partial charge in [-0.1, -0.05) is 0 Å². The molecule has 4 nitrogen and oxygen atoms in total. The summed E-state index contributed by atoms with van der Waals surface area (Å²) in [5.74, 6) is -0.388. The number of esters is 1. The van der Waals surface area contributed by atoms with Crippen LogP contribution in [0.4, 0.5) is 4.39 Å². The molecule has 0 aromatic carbocycles. The molecule has 2 saturated heterocycles. The molecule has 68 valence electrons. The smallest absolute Gasteiger partial charge is 0.309 e. The van der Waals surface area contributed by atoms with Gasteiger partial charge >= 0.3 is 5.97 Å². The number of fused-ring (bicyclic) bond motifs is 1. The van der Waals surface area contributed by atoms with E-state index in [1.165, 1.54) is 0 Å². The Kier molecular flexibility index (Phi) is 1.77. The molecule has 4 atom stereocenters. The topological polar surface area (TPSA) is 55.8 Å². The maximum atomic E-state index is 12.1. The van der Waals surface area contributed by atoms with Crippen molar-refractivity contribution in [1.29, 1.82) is 0 Å². The third-order valence-corrected chi connectivity index (χ3v) is 2.22. The predicted molar refractivity (Wildman–Crippen MR) is 35.1 cm³/mol. The van der Waals surface area contributed by atoms with Crippen LogP contribution in [0.5, 0.6) is 0 Å². The van der Waals surface area contributed by atoms with Gasteiger partial charge in [-0.25, -0.2) is 4.39 Å². The lowest BCUT2D eigenvalue weighted by atomic mass is 10.1. The number of ether oxygens (including phenoxy) is 2. The standard InChI is InChI=1S/C7H9FO4/c8-2-4-6(10)7-3(11-4)1-5(9)12-7/h3-4,6-7,10H,1-2H2/t3-,4-,6+,7+/m1/s1. The number of hydrogen-bond acceptors (Lipinski definition) is 4. The van der Waals surface area contributed by atoms with E-state index in [1.54, 1.807) is 0 Å². The molecule has 2 aliphatic heterocycles. The van der Waals surface area contributed by atoms with Crippen LogP contribution in [0.1, 0.15) is 6.42 Å². The summed E-state index contributed by atoms with van der Waals surface area (Å²) in [6.45, 7) is -0.744. The Morgan fingerprint density at radius 2 is 2.42 bits per heavy atom. The van der Waals surface area contributed by atoms with E-state index in [0.29, 0.717) is 0 Å². The van der Waals surface area contributed by atoms with Crippen molar-refractivity contribution < 1.29 is 23.8 Å². The first-order valence-electron chi connectivity index (χ1n) is 3.81. The van der Waals surface area contributed by atoms with Crippen molar-refractivity contribution in [3.63, 3.8) is 0 Å². The lowest BCUT2D eigenvalue weighted by Gasteiger charge is -2.12. The molecular weight excluding hydrogens is 167 g/mol. The van der Waals surface area contributed by atoms with Crippen LogP contribution in [0.15, 0.2) is 0 Å². The Labute approximate surface area is 68.3 Å². The zero-order chi connectivity index (χ0) is 8.72. The first kappa shape index (κ1) is 7.94. The third kappa shape index (κ3) is 1.01. The normalized spacial score (nSPS) is 46.0. The van der Waals surface area contributed by atoms with Crippen LogP contribution >= 0.6 is 0 Å². The quantitative estimate of drug-likeness (QED) is 0.542. The number of alkyl halides is 1. The molecule has 0 unspecified atom stereocenters. The van der Waals surface area contributed by atoms with Crippen LogP contribution in [0.2, 0.25) is 0 Å². The summed E-state index contributed by atoms with van der Waals surface area (Å²) < 4.78 is 21.9. The van der Waals surface area contributed by atoms with Crippen molar-refractivity contribution in [3.8, 4) is 0 Å². The van der Waals surface area contributed by atoms with Crippen molar-refractivity contribution >= 4 is 5.97 Å². The number of aliphatic hydroxyl groups excluding tert-OH is 1. The highest BCUT2D eigenvalue weighted by atomic mass is 19.1.